The highest BCUT2D eigenvalue weighted by Gasteiger charge is 2.23. The Balaban J connectivity index is 1.77. The molecule has 0 spiro atoms. The van der Waals surface area contributed by atoms with Crippen molar-refractivity contribution in [3.63, 3.8) is 0 Å². The topological polar surface area (TPSA) is 51.5 Å². The largest absolute Gasteiger partial charge is 0.494 e. The molecule has 3 aromatic rings. The second-order valence-corrected chi connectivity index (χ2v) is 9.81. The molecule has 0 aliphatic carbocycles. The number of ether oxygens (including phenoxy) is 1. The Kier molecular flexibility index (Phi) is 7.63. The number of carboxylic acid groups (broad SMARTS) is 1. The molecule has 0 aliphatic rings. The van der Waals surface area contributed by atoms with Crippen LogP contribution in [-0.4, -0.2) is 22.2 Å². The first-order valence-corrected chi connectivity index (χ1v) is 11.9. The van der Waals surface area contributed by atoms with Crippen LogP contribution in [0.3, 0.4) is 0 Å². The van der Waals surface area contributed by atoms with E-state index in [0.29, 0.717) is 25.3 Å². The number of rotatable bonds is 8. The first-order valence-electron chi connectivity index (χ1n) is 10.7. The summed E-state index contributed by atoms with van der Waals surface area (Å²) in [4.78, 5) is 14.2. The van der Waals surface area contributed by atoms with Crippen LogP contribution in [0.25, 0.3) is 0 Å². The van der Waals surface area contributed by atoms with Gasteiger partial charge in [-0.15, -0.1) is 0 Å². The zero-order valence-corrected chi connectivity index (χ0v) is 21.1. The fraction of sp³-hybridized carbons (Fsp3) is 0.346. The molecule has 0 amide bonds. The Labute approximate surface area is 199 Å². The van der Waals surface area contributed by atoms with Gasteiger partial charge in [0.05, 0.1) is 6.61 Å². The predicted octanol–water partition coefficient (Wildman–Crippen LogP) is 7.31. The fourth-order valence-electron chi connectivity index (χ4n) is 4.09. The van der Waals surface area contributed by atoms with Crippen LogP contribution in [-0.2, 0) is 6.54 Å². The lowest BCUT2D eigenvalue weighted by atomic mass is 10.1. The number of carbonyl (C=O) groups is 1. The molecule has 6 heteroatoms. The van der Waals surface area contributed by atoms with E-state index >= 15 is 0 Å². The highest BCUT2D eigenvalue weighted by Crippen LogP contribution is 2.37. The van der Waals surface area contributed by atoms with E-state index in [1.54, 1.807) is 11.8 Å². The van der Waals surface area contributed by atoms with E-state index < -0.39 is 5.97 Å². The molecule has 0 saturated heterocycles. The summed E-state index contributed by atoms with van der Waals surface area (Å²) in [6.07, 6.45) is 0.698. The average molecular weight is 472 g/mol. The van der Waals surface area contributed by atoms with Gasteiger partial charge >= 0.3 is 5.97 Å². The zero-order valence-electron chi connectivity index (χ0n) is 19.5. The van der Waals surface area contributed by atoms with Crippen LogP contribution < -0.4 is 4.74 Å². The van der Waals surface area contributed by atoms with Crippen molar-refractivity contribution in [1.82, 2.24) is 4.57 Å². The van der Waals surface area contributed by atoms with Crippen LogP contribution in [0.5, 0.6) is 5.75 Å². The lowest BCUT2D eigenvalue weighted by Crippen LogP contribution is -2.13. The molecule has 1 aromatic heterocycles. The van der Waals surface area contributed by atoms with Crippen LogP contribution >= 0.6 is 23.4 Å². The number of aryl methyl sites for hydroxylation is 4. The van der Waals surface area contributed by atoms with E-state index in [4.69, 9.17) is 16.3 Å². The lowest BCUT2D eigenvalue weighted by Gasteiger charge is -2.12. The summed E-state index contributed by atoms with van der Waals surface area (Å²) in [6, 6.07) is 10.3. The zero-order chi connectivity index (χ0) is 23.6. The smallest absolute Gasteiger partial charge is 0.352 e. The second kappa shape index (κ2) is 10.1. The number of hydrogen-bond donors (Lipinski definition) is 1. The molecule has 0 bridgehead atoms. The van der Waals surface area contributed by atoms with Crippen molar-refractivity contribution >= 4 is 29.3 Å². The third kappa shape index (κ3) is 5.33. The van der Waals surface area contributed by atoms with Gasteiger partial charge in [0.2, 0.25) is 0 Å². The number of hydrogen-bond acceptors (Lipinski definition) is 3. The molecule has 0 aliphatic heterocycles. The summed E-state index contributed by atoms with van der Waals surface area (Å²) < 4.78 is 7.83. The minimum absolute atomic E-state index is 0.354. The summed E-state index contributed by atoms with van der Waals surface area (Å²) >= 11 is 7.87. The number of benzene rings is 2. The van der Waals surface area contributed by atoms with Gasteiger partial charge in [0, 0.05) is 27.1 Å². The van der Waals surface area contributed by atoms with E-state index in [1.807, 2.05) is 44.4 Å². The van der Waals surface area contributed by atoms with E-state index in [0.717, 1.165) is 42.9 Å². The average Bonchev–Trinajstić information content (AvgIpc) is 2.93. The predicted molar refractivity (Wildman–Crippen MR) is 132 cm³/mol. The number of carboxylic acids is 1. The van der Waals surface area contributed by atoms with Gasteiger partial charge in [-0.2, -0.15) is 0 Å². The number of nitrogens with zero attached hydrogens (tertiary/aromatic N) is 1. The Morgan fingerprint density at radius 2 is 1.59 bits per heavy atom. The van der Waals surface area contributed by atoms with Gasteiger partial charge in [-0.05, 0) is 100 Å². The third-order valence-electron chi connectivity index (χ3n) is 5.52. The SMILES string of the molecule is Cc1cc(C)cc(Sc2c(C)c(C(=O)O)n(CCCOc3cc(C)c(Cl)c(C)c3)c2C)c1. The molecular formula is C26H30ClNO3S. The Morgan fingerprint density at radius 3 is 2.16 bits per heavy atom. The summed E-state index contributed by atoms with van der Waals surface area (Å²) in [7, 11) is 0. The van der Waals surface area contributed by atoms with Gasteiger partial charge < -0.3 is 14.4 Å². The molecular weight excluding hydrogens is 442 g/mol. The van der Waals surface area contributed by atoms with Crippen LogP contribution in [0.4, 0.5) is 0 Å². The molecule has 0 radical (unpaired) electrons. The maximum Gasteiger partial charge on any atom is 0.352 e. The Morgan fingerprint density at radius 1 is 1.00 bits per heavy atom. The third-order valence-corrected chi connectivity index (χ3v) is 7.39. The minimum atomic E-state index is -0.900. The van der Waals surface area contributed by atoms with Gasteiger partial charge in [0.1, 0.15) is 11.4 Å². The summed E-state index contributed by atoms with van der Waals surface area (Å²) in [5.41, 5.74) is 6.51. The van der Waals surface area contributed by atoms with Gasteiger partial charge in [-0.25, -0.2) is 4.79 Å². The van der Waals surface area contributed by atoms with Crippen molar-refractivity contribution < 1.29 is 14.6 Å². The molecule has 0 atom stereocenters. The number of halogens is 1. The standard InChI is InChI=1S/C26H30ClNO3S/c1-15-10-16(2)12-22(11-15)32-25-19(5)24(26(29)30)28(20(25)6)8-7-9-31-21-13-17(3)23(27)18(4)14-21/h10-14H,7-9H2,1-6H3,(H,29,30). The van der Waals surface area contributed by atoms with Crippen molar-refractivity contribution in [2.45, 2.75) is 64.3 Å². The molecule has 0 fully saturated rings. The minimum Gasteiger partial charge on any atom is -0.494 e. The molecule has 0 saturated carbocycles. The van der Waals surface area contributed by atoms with E-state index in [-0.39, 0.29) is 0 Å². The van der Waals surface area contributed by atoms with Gasteiger partial charge in [0.15, 0.2) is 0 Å². The molecule has 32 heavy (non-hydrogen) atoms. The first kappa shape index (κ1) is 24.3. The fourth-order valence-corrected chi connectivity index (χ4v) is 5.43. The van der Waals surface area contributed by atoms with Crippen molar-refractivity contribution in [2.24, 2.45) is 0 Å². The molecule has 1 heterocycles. The van der Waals surface area contributed by atoms with Crippen LogP contribution in [0.1, 0.15) is 50.4 Å². The molecule has 1 N–H and O–H groups in total. The normalized spacial score (nSPS) is 11.1. The molecule has 0 unspecified atom stereocenters. The highest BCUT2D eigenvalue weighted by molar-refractivity contribution is 7.99. The van der Waals surface area contributed by atoms with E-state index in [9.17, 15) is 9.90 Å². The molecule has 4 nitrogen and oxygen atoms in total. The van der Waals surface area contributed by atoms with Crippen LogP contribution in [0, 0.1) is 41.5 Å². The summed E-state index contributed by atoms with van der Waals surface area (Å²) in [6.45, 7) is 13.0. The Bertz CT molecular complexity index is 1120. The van der Waals surface area contributed by atoms with Crippen LogP contribution in [0.15, 0.2) is 40.1 Å². The van der Waals surface area contributed by atoms with Gasteiger partial charge in [0.25, 0.3) is 0 Å². The van der Waals surface area contributed by atoms with Gasteiger partial charge in [-0.1, -0.05) is 29.4 Å². The maximum atomic E-state index is 12.1. The molecule has 3 rings (SSSR count). The quantitative estimate of drug-likeness (QED) is 0.350. The van der Waals surface area contributed by atoms with Crippen molar-refractivity contribution in [2.75, 3.05) is 6.61 Å². The second-order valence-electron chi connectivity index (χ2n) is 8.34. The molecule has 170 valence electrons. The molecule has 2 aromatic carbocycles. The summed E-state index contributed by atoms with van der Waals surface area (Å²) in [5, 5.41) is 10.6. The maximum absolute atomic E-state index is 12.1. The van der Waals surface area contributed by atoms with Gasteiger partial charge in [-0.3, -0.25) is 0 Å². The Hall–Kier alpha value is -2.37. The van der Waals surface area contributed by atoms with E-state index in [2.05, 4.69) is 32.0 Å². The lowest BCUT2D eigenvalue weighted by molar-refractivity contribution is 0.0683. The summed E-state index contributed by atoms with van der Waals surface area (Å²) in [5.74, 6) is -0.114. The van der Waals surface area contributed by atoms with Crippen molar-refractivity contribution in [3.8, 4) is 5.75 Å². The number of aromatic carboxylic acids is 1. The van der Waals surface area contributed by atoms with Crippen LogP contribution in [0.2, 0.25) is 5.02 Å². The first-order chi connectivity index (χ1) is 15.1. The number of aromatic nitrogens is 1. The van der Waals surface area contributed by atoms with E-state index in [1.165, 1.54) is 11.1 Å². The van der Waals surface area contributed by atoms with Crippen molar-refractivity contribution in [1.29, 1.82) is 0 Å². The highest BCUT2D eigenvalue weighted by atomic mass is 35.5. The van der Waals surface area contributed by atoms with Crippen molar-refractivity contribution in [3.05, 3.63) is 74.6 Å². The monoisotopic (exact) mass is 471 g/mol.